The van der Waals surface area contributed by atoms with Gasteiger partial charge >= 0.3 is 26.2 Å². The van der Waals surface area contributed by atoms with E-state index in [0.717, 1.165) is 27.7 Å². The molecular formula is C10H16O10Zr. The predicted molar refractivity (Wildman–Crippen MR) is 54.7 cm³/mol. The smallest absolute Gasteiger partial charge is 0.550 e. The second kappa shape index (κ2) is 21.0. The van der Waals surface area contributed by atoms with Crippen LogP contribution in [0.3, 0.4) is 0 Å². The molecule has 0 aliphatic heterocycles. The van der Waals surface area contributed by atoms with Gasteiger partial charge in [-0.2, -0.15) is 0 Å². The SMILES string of the molecule is CC(=O)[O-].CC(=O)[O-].CC(O)C(=O)[O-].CC(O)C(=O)[O-].[Zr+4]. The summed E-state index contributed by atoms with van der Waals surface area (Å²) in [6.45, 7) is 4.21. The molecule has 120 valence electrons. The van der Waals surface area contributed by atoms with Crippen LogP contribution >= 0.6 is 0 Å². The van der Waals surface area contributed by atoms with E-state index < -0.39 is 36.1 Å². The van der Waals surface area contributed by atoms with Crippen molar-refractivity contribution in [2.45, 2.75) is 39.9 Å². The molecule has 11 heteroatoms. The Labute approximate surface area is 140 Å². The number of aliphatic hydroxyl groups is 2. The standard InChI is InChI=1S/2C3H6O3.2C2H4O2.Zr/c2*1-2(4)3(5)6;2*1-2(3)4;/h2*2,4H,1H3,(H,5,6);2*1H3,(H,3,4);/q;;;;+4/p-4. The van der Waals surface area contributed by atoms with Gasteiger partial charge in [0, 0.05) is 11.9 Å². The Morgan fingerprint density at radius 3 is 0.762 bits per heavy atom. The molecule has 0 aromatic carbocycles. The number of carboxylic acid groups (broad SMARTS) is 4. The van der Waals surface area contributed by atoms with E-state index in [1.54, 1.807) is 0 Å². The van der Waals surface area contributed by atoms with Crippen molar-refractivity contribution in [1.82, 2.24) is 0 Å². The molecular weight excluding hydrogens is 371 g/mol. The van der Waals surface area contributed by atoms with Crippen molar-refractivity contribution in [1.29, 1.82) is 0 Å². The molecule has 0 saturated heterocycles. The molecule has 2 unspecified atom stereocenters. The molecule has 0 rings (SSSR count). The molecule has 21 heavy (non-hydrogen) atoms. The molecule has 0 fully saturated rings. The maximum atomic E-state index is 9.34. The molecule has 0 heterocycles. The van der Waals surface area contributed by atoms with E-state index in [1.807, 2.05) is 0 Å². The van der Waals surface area contributed by atoms with Crippen LogP contribution in [0.2, 0.25) is 0 Å². The zero-order valence-electron chi connectivity index (χ0n) is 11.8. The van der Waals surface area contributed by atoms with Crippen LogP contribution in [0.4, 0.5) is 0 Å². The summed E-state index contributed by atoms with van der Waals surface area (Å²) >= 11 is 0. The Hall–Kier alpha value is -1.32. The monoisotopic (exact) mass is 386 g/mol. The summed E-state index contributed by atoms with van der Waals surface area (Å²) in [5, 5.41) is 52.4. The van der Waals surface area contributed by atoms with Crippen LogP contribution < -0.4 is 20.4 Å². The molecule has 2 N–H and O–H groups in total. The van der Waals surface area contributed by atoms with Gasteiger partial charge in [-0.25, -0.2) is 0 Å². The van der Waals surface area contributed by atoms with Crippen molar-refractivity contribution in [3.63, 3.8) is 0 Å². The Balaban J connectivity index is -0.0000000544. The van der Waals surface area contributed by atoms with Crippen molar-refractivity contribution in [2.24, 2.45) is 0 Å². The predicted octanol–water partition coefficient (Wildman–Crippen LogP) is -6.26. The van der Waals surface area contributed by atoms with Crippen LogP contribution in [-0.2, 0) is 45.4 Å². The minimum atomic E-state index is -1.44. The maximum Gasteiger partial charge on any atom is 4.00 e. The largest absolute Gasteiger partial charge is 4.00 e. The molecule has 10 nitrogen and oxygen atoms in total. The van der Waals surface area contributed by atoms with Crippen LogP contribution in [0, 0.1) is 0 Å². The van der Waals surface area contributed by atoms with Gasteiger partial charge in [0.1, 0.15) is 0 Å². The third-order valence-electron chi connectivity index (χ3n) is 0.682. The van der Waals surface area contributed by atoms with Crippen molar-refractivity contribution in [3.05, 3.63) is 0 Å². The molecule has 0 bridgehead atoms. The van der Waals surface area contributed by atoms with Crippen LogP contribution in [-0.4, -0.2) is 46.3 Å². The molecule has 0 aliphatic rings. The van der Waals surface area contributed by atoms with E-state index in [1.165, 1.54) is 0 Å². The normalized spacial score (nSPS) is 10.2. The molecule has 0 aromatic rings. The van der Waals surface area contributed by atoms with Gasteiger partial charge in [-0.1, -0.05) is 0 Å². The van der Waals surface area contributed by atoms with Crippen molar-refractivity contribution >= 4 is 23.9 Å². The number of rotatable bonds is 2. The Morgan fingerprint density at radius 1 is 0.714 bits per heavy atom. The Morgan fingerprint density at radius 2 is 0.762 bits per heavy atom. The quantitative estimate of drug-likeness (QED) is 0.459. The topological polar surface area (TPSA) is 201 Å². The zero-order valence-corrected chi connectivity index (χ0v) is 14.3. The number of carbonyl (C=O) groups excluding carboxylic acids is 4. The van der Waals surface area contributed by atoms with Gasteiger partial charge in [-0.05, 0) is 27.7 Å². The summed E-state index contributed by atoms with van der Waals surface area (Å²) in [5.74, 6) is -5.04. The Kier molecular flexibility index (Phi) is 31.9. The number of hydrogen-bond donors (Lipinski definition) is 2. The van der Waals surface area contributed by atoms with Gasteiger partial charge in [0.05, 0.1) is 24.1 Å². The van der Waals surface area contributed by atoms with E-state index in [-0.39, 0.29) is 26.2 Å². The van der Waals surface area contributed by atoms with Gasteiger partial charge < -0.3 is 49.8 Å². The van der Waals surface area contributed by atoms with Crippen LogP contribution in [0.25, 0.3) is 0 Å². The summed E-state index contributed by atoms with van der Waals surface area (Å²) in [4.78, 5) is 36.5. The summed E-state index contributed by atoms with van der Waals surface area (Å²) in [7, 11) is 0. The second-order valence-corrected chi connectivity index (χ2v) is 2.97. The van der Waals surface area contributed by atoms with E-state index in [9.17, 15) is 19.8 Å². The molecule has 2 atom stereocenters. The zero-order chi connectivity index (χ0) is 17.5. The van der Waals surface area contributed by atoms with Crippen molar-refractivity contribution in [2.75, 3.05) is 0 Å². The number of hydrogen-bond acceptors (Lipinski definition) is 10. The van der Waals surface area contributed by atoms with Crippen LogP contribution in [0.1, 0.15) is 27.7 Å². The average Bonchev–Trinajstić information content (AvgIpc) is 2.15. The molecule has 0 aromatic heterocycles. The molecule has 0 amide bonds. The fraction of sp³-hybridized carbons (Fsp3) is 0.600. The van der Waals surface area contributed by atoms with Gasteiger partial charge in [0.15, 0.2) is 0 Å². The average molecular weight is 387 g/mol. The summed E-state index contributed by atoms with van der Waals surface area (Å²) in [6.07, 6.45) is -2.69. The van der Waals surface area contributed by atoms with Gasteiger partial charge in [-0.15, -0.1) is 0 Å². The van der Waals surface area contributed by atoms with Crippen molar-refractivity contribution < 1.29 is 76.0 Å². The van der Waals surface area contributed by atoms with Gasteiger partial charge in [-0.3, -0.25) is 0 Å². The minimum absolute atomic E-state index is 0. The van der Waals surface area contributed by atoms with Gasteiger partial charge in [0.25, 0.3) is 0 Å². The summed E-state index contributed by atoms with van der Waals surface area (Å²) < 4.78 is 0. The Bertz CT molecular complexity index is 262. The number of aliphatic carboxylic acids is 4. The van der Waals surface area contributed by atoms with Gasteiger partial charge in [0.2, 0.25) is 0 Å². The first-order valence-corrected chi connectivity index (χ1v) is 4.88. The van der Waals surface area contributed by atoms with Crippen LogP contribution in [0.5, 0.6) is 0 Å². The van der Waals surface area contributed by atoms with E-state index >= 15 is 0 Å². The third-order valence-corrected chi connectivity index (χ3v) is 0.682. The van der Waals surface area contributed by atoms with Crippen molar-refractivity contribution in [3.8, 4) is 0 Å². The second-order valence-electron chi connectivity index (χ2n) is 2.97. The molecule has 0 saturated carbocycles. The first kappa shape index (κ1) is 31.9. The number of carboxylic acids is 4. The minimum Gasteiger partial charge on any atom is -0.550 e. The summed E-state index contributed by atoms with van der Waals surface area (Å²) in [6, 6.07) is 0. The van der Waals surface area contributed by atoms with E-state index in [4.69, 9.17) is 30.0 Å². The summed E-state index contributed by atoms with van der Waals surface area (Å²) in [5.41, 5.74) is 0. The fourth-order valence-corrected chi connectivity index (χ4v) is 0. The maximum absolute atomic E-state index is 9.34. The molecule has 0 spiro atoms. The van der Waals surface area contributed by atoms with E-state index in [2.05, 4.69) is 0 Å². The fourth-order valence-electron chi connectivity index (χ4n) is 0. The number of carbonyl (C=O) groups is 4. The molecule has 0 radical (unpaired) electrons. The first-order chi connectivity index (χ1) is 8.75. The molecule has 0 aliphatic carbocycles. The van der Waals surface area contributed by atoms with Crippen LogP contribution in [0.15, 0.2) is 0 Å². The third kappa shape index (κ3) is 116. The van der Waals surface area contributed by atoms with E-state index in [0.29, 0.717) is 0 Å². The number of aliphatic hydroxyl groups excluding tert-OH is 2. The first-order valence-electron chi connectivity index (χ1n) is 4.88.